The van der Waals surface area contributed by atoms with E-state index in [0.717, 1.165) is 0 Å². The molecule has 0 N–H and O–H groups in total. The number of rotatable bonds is 11. The van der Waals surface area contributed by atoms with Crippen LogP contribution in [0.3, 0.4) is 0 Å². The number of methoxy groups -OCH3 is 4. The van der Waals surface area contributed by atoms with E-state index in [-0.39, 0.29) is 5.78 Å². The Kier molecular flexibility index (Phi) is 8.89. The molecule has 0 spiro atoms. The number of benzene rings is 2. The maximum absolute atomic E-state index is 13.0. The number of carbonyl (C=O) groups is 1. The number of hydrogen-bond donors (Lipinski definition) is 0. The molecule has 0 amide bonds. The summed E-state index contributed by atoms with van der Waals surface area (Å²) in [5, 5.41) is 0. The van der Waals surface area contributed by atoms with Gasteiger partial charge in [0.05, 0.1) is 28.4 Å². The Morgan fingerprint density at radius 2 is 1.57 bits per heavy atom. The van der Waals surface area contributed by atoms with E-state index in [1.165, 1.54) is 28.4 Å². The normalized spacial score (nSPS) is 11.5. The van der Waals surface area contributed by atoms with Crippen LogP contribution in [0, 0.1) is 0 Å². The lowest BCUT2D eigenvalue weighted by atomic mass is 10.0. The number of carbonyl (C=O) groups excluding carboxylic acids is 1. The number of allylic oxidation sites excluding steroid dienone is 1. The van der Waals surface area contributed by atoms with Crippen LogP contribution in [-0.4, -0.2) is 41.1 Å². The molecule has 0 bridgehead atoms. The molecule has 0 fully saturated rings. The van der Waals surface area contributed by atoms with Gasteiger partial charge < -0.3 is 23.5 Å². The number of alkyl halides is 1. The van der Waals surface area contributed by atoms with Gasteiger partial charge in [0.2, 0.25) is 14.8 Å². The van der Waals surface area contributed by atoms with Crippen LogP contribution < -0.4 is 23.5 Å². The molecule has 30 heavy (non-hydrogen) atoms. The van der Waals surface area contributed by atoms with Gasteiger partial charge in [-0.15, -0.1) is 0 Å². The molecule has 0 aliphatic rings. The average Bonchev–Trinajstić information content (AvgIpc) is 2.77. The van der Waals surface area contributed by atoms with Crippen LogP contribution in [0.1, 0.15) is 22.8 Å². The second-order valence-corrected chi connectivity index (χ2v) is 6.58. The third-order valence-corrected chi connectivity index (χ3v) is 4.65. The zero-order chi connectivity index (χ0) is 22.1. The number of ketones is 1. The minimum atomic E-state index is -0.942. The molecule has 2 aromatic rings. The summed E-state index contributed by atoms with van der Waals surface area (Å²) in [6, 6.07) is 8.34. The van der Waals surface area contributed by atoms with Crippen LogP contribution >= 0.6 is 9.03 Å². The Labute approximate surface area is 176 Å². The van der Waals surface area contributed by atoms with Gasteiger partial charge in [-0.1, -0.05) is 6.07 Å². The molecule has 2 rings (SSSR count). The summed E-state index contributed by atoms with van der Waals surface area (Å²) in [6.07, 6.45) is 1.71. The molecule has 0 aromatic heterocycles. The first kappa shape index (κ1) is 23.4. The van der Waals surface area contributed by atoms with Gasteiger partial charge in [-0.3, -0.25) is 9.32 Å². The molecule has 0 heterocycles. The summed E-state index contributed by atoms with van der Waals surface area (Å²) in [5.74, 6) is 1.83. The first-order valence-electron chi connectivity index (χ1n) is 8.79. The molecule has 9 heteroatoms. The molecular formula is C21H24FO7P. The quantitative estimate of drug-likeness (QED) is 0.215. The van der Waals surface area contributed by atoms with E-state index >= 15 is 0 Å². The van der Waals surface area contributed by atoms with Crippen LogP contribution in [0.2, 0.25) is 0 Å². The van der Waals surface area contributed by atoms with Crippen molar-refractivity contribution in [2.45, 2.75) is 6.92 Å². The summed E-state index contributed by atoms with van der Waals surface area (Å²) in [4.78, 5) is 13.0. The van der Waals surface area contributed by atoms with Crippen molar-refractivity contribution in [3.05, 3.63) is 47.0 Å². The fourth-order valence-corrected chi connectivity index (χ4v) is 3.07. The maximum atomic E-state index is 13.0. The maximum Gasteiger partial charge on any atom is 0.217 e. The van der Waals surface area contributed by atoms with Crippen LogP contribution in [0.15, 0.2) is 35.9 Å². The van der Waals surface area contributed by atoms with Crippen LogP contribution in [-0.2, 0) is 4.52 Å². The van der Waals surface area contributed by atoms with E-state index in [2.05, 4.69) is 4.52 Å². The van der Waals surface area contributed by atoms with Crippen molar-refractivity contribution in [1.29, 1.82) is 0 Å². The van der Waals surface area contributed by atoms with Gasteiger partial charge >= 0.3 is 0 Å². The molecule has 2 aromatic carbocycles. The lowest BCUT2D eigenvalue weighted by Crippen LogP contribution is -2.04. The van der Waals surface area contributed by atoms with Gasteiger partial charge in [0.1, 0.15) is 0 Å². The first-order valence-corrected chi connectivity index (χ1v) is 9.61. The van der Waals surface area contributed by atoms with E-state index < -0.39 is 15.9 Å². The summed E-state index contributed by atoms with van der Waals surface area (Å²) in [7, 11) is 5.45. The Morgan fingerprint density at radius 3 is 2.10 bits per heavy atom. The van der Waals surface area contributed by atoms with Gasteiger partial charge in [-0.05, 0) is 48.4 Å². The lowest BCUT2D eigenvalue weighted by molar-refractivity contribution is 0.103. The van der Waals surface area contributed by atoms with E-state index in [0.29, 0.717) is 45.4 Å². The summed E-state index contributed by atoms with van der Waals surface area (Å²) >= 11 is 0. The minimum Gasteiger partial charge on any atom is -0.493 e. The monoisotopic (exact) mass is 438 g/mol. The molecule has 162 valence electrons. The fraction of sp³-hybridized carbons (Fsp3) is 0.286. The SMILES string of the molecule is COc1ccc(/C=C(\C)C(=O)c2cc(OC)c(OC)c(OC)c2)cc1OPOCF. The van der Waals surface area contributed by atoms with Crippen molar-refractivity contribution in [2.75, 3.05) is 35.3 Å². The predicted octanol–water partition coefficient (Wildman–Crippen LogP) is 4.84. The van der Waals surface area contributed by atoms with Crippen LogP contribution in [0.25, 0.3) is 6.08 Å². The zero-order valence-electron chi connectivity index (χ0n) is 17.4. The van der Waals surface area contributed by atoms with E-state index in [1.54, 1.807) is 43.3 Å². The van der Waals surface area contributed by atoms with Gasteiger partial charge in [0.15, 0.2) is 35.6 Å². The van der Waals surface area contributed by atoms with Crippen molar-refractivity contribution in [3.8, 4) is 28.7 Å². The Balaban J connectivity index is 2.34. The molecule has 1 unspecified atom stereocenters. The largest absolute Gasteiger partial charge is 0.493 e. The van der Waals surface area contributed by atoms with E-state index in [9.17, 15) is 9.18 Å². The van der Waals surface area contributed by atoms with Gasteiger partial charge in [-0.2, -0.15) is 0 Å². The Morgan fingerprint density at radius 1 is 0.933 bits per heavy atom. The summed E-state index contributed by atoms with van der Waals surface area (Å²) < 4.78 is 43.3. The molecule has 1 atom stereocenters. The van der Waals surface area contributed by atoms with Crippen molar-refractivity contribution >= 4 is 20.9 Å². The topological polar surface area (TPSA) is 72.5 Å². The average molecular weight is 438 g/mol. The molecule has 0 aliphatic heterocycles. The number of halogens is 1. The van der Waals surface area contributed by atoms with Crippen molar-refractivity contribution in [2.24, 2.45) is 0 Å². The molecular weight excluding hydrogens is 414 g/mol. The van der Waals surface area contributed by atoms with Gasteiger partial charge in [-0.25, -0.2) is 4.39 Å². The molecule has 0 radical (unpaired) electrons. The predicted molar refractivity (Wildman–Crippen MR) is 113 cm³/mol. The highest BCUT2D eigenvalue weighted by Gasteiger charge is 2.18. The standard InChI is InChI=1S/C21H24FO7P/c1-13(8-14-6-7-16(24-2)17(9-14)29-30-28-12-22)20(23)15-10-18(25-3)21(27-5)19(11-15)26-4/h6-11,30H,12H2,1-5H3/b13-8+. The summed E-state index contributed by atoms with van der Waals surface area (Å²) in [6.45, 7) is 0.757. The van der Waals surface area contributed by atoms with Gasteiger partial charge in [0.25, 0.3) is 0 Å². The third kappa shape index (κ3) is 5.62. The highest BCUT2D eigenvalue weighted by molar-refractivity contribution is 7.26. The van der Waals surface area contributed by atoms with Crippen molar-refractivity contribution in [1.82, 2.24) is 0 Å². The van der Waals surface area contributed by atoms with Crippen molar-refractivity contribution in [3.63, 3.8) is 0 Å². The first-order chi connectivity index (χ1) is 14.5. The summed E-state index contributed by atoms with van der Waals surface area (Å²) in [5.41, 5.74) is 1.57. The number of hydrogen-bond acceptors (Lipinski definition) is 7. The molecule has 0 aliphatic carbocycles. The van der Waals surface area contributed by atoms with Crippen LogP contribution in [0.5, 0.6) is 28.7 Å². The lowest BCUT2D eigenvalue weighted by Gasteiger charge is -2.14. The van der Waals surface area contributed by atoms with Crippen molar-refractivity contribution < 1.29 is 37.2 Å². The highest BCUT2D eigenvalue weighted by Crippen LogP contribution is 2.39. The second-order valence-electron chi connectivity index (χ2n) is 5.92. The Hall–Kier alpha value is -2.83. The smallest absolute Gasteiger partial charge is 0.217 e. The van der Waals surface area contributed by atoms with E-state index in [1.807, 2.05) is 0 Å². The van der Waals surface area contributed by atoms with Gasteiger partial charge in [0, 0.05) is 5.56 Å². The number of ether oxygens (including phenoxy) is 4. The molecule has 0 saturated carbocycles. The van der Waals surface area contributed by atoms with E-state index in [4.69, 9.17) is 23.5 Å². The van der Waals surface area contributed by atoms with Crippen LogP contribution in [0.4, 0.5) is 4.39 Å². The minimum absolute atomic E-state index is 0.213. The third-order valence-electron chi connectivity index (χ3n) is 4.12. The molecule has 0 saturated heterocycles. The fourth-order valence-electron chi connectivity index (χ4n) is 2.71. The highest BCUT2D eigenvalue weighted by atomic mass is 31.1. The Bertz CT molecular complexity index is 889. The number of Topliss-reactive ketones (excluding diaryl/α,β-unsaturated/α-hetero) is 1. The zero-order valence-corrected chi connectivity index (χ0v) is 18.4. The second kappa shape index (κ2) is 11.4. The molecule has 7 nitrogen and oxygen atoms in total.